The molecule has 0 aliphatic carbocycles. The quantitative estimate of drug-likeness (QED) is 0.124. The van der Waals surface area contributed by atoms with E-state index < -0.39 is 0 Å². The molecule has 0 bridgehead atoms. The van der Waals surface area contributed by atoms with Crippen molar-refractivity contribution >= 4 is 38.6 Å². The maximum absolute atomic E-state index is 2.41. The zero-order valence-electron chi connectivity index (χ0n) is 38.1. The van der Waals surface area contributed by atoms with Gasteiger partial charge in [0.2, 0.25) is 0 Å². The van der Waals surface area contributed by atoms with Crippen molar-refractivity contribution in [3.05, 3.63) is 285 Å². The number of hydrogen-bond acceptors (Lipinski definition) is 1. The van der Waals surface area contributed by atoms with Crippen molar-refractivity contribution in [1.29, 1.82) is 0 Å². The second-order valence-corrected chi connectivity index (χ2v) is 17.6. The highest BCUT2D eigenvalue weighted by Gasteiger charge is 2.21. The van der Waals surface area contributed by atoms with Gasteiger partial charge in [-0.1, -0.05) is 243 Å². The van der Waals surface area contributed by atoms with Crippen molar-refractivity contribution in [2.75, 3.05) is 4.90 Å². The molecule has 1 nitrogen and oxygen atoms in total. The normalized spacial score (nSPS) is 11.2. The topological polar surface area (TPSA) is 3.24 Å². The van der Waals surface area contributed by atoms with Gasteiger partial charge in [-0.2, -0.15) is 0 Å². The maximum Gasteiger partial charge on any atom is 0.0473 e. The van der Waals surface area contributed by atoms with E-state index in [-0.39, 0.29) is 0 Å². The Kier molecular flexibility index (Phi) is 11.0. The molecule has 0 atom stereocenters. The van der Waals surface area contributed by atoms with Gasteiger partial charge in [0, 0.05) is 17.1 Å². The van der Waals surface area contributed by atoms with Gasteiger partial charge in [-0.25, -0.2) is 0 Å². The predicted octanol–water partition coefficient (Wildman–Crippen LogP) is 19.1. The van der Waals surface area contributed by atoms with Crippen LogP contribution in [0.4, 0.5) is 17.1 Å². The second-order valence-electron chi connectivity index (χ2n) is 17.6. The molecular weight excluding hydrogens is 831 g/mol. The minimum absolute atomic E-state index is 1.07. The molecule has 0 amide bonds. The highest BCUT2D eigenvalue weighted by Crippen LogP contribution is 2.48. The number of hydrogen-bond donors (Lipinski definition) is 0. The van der Waals surface area contributed by atoms with Crippen LogP contribution in [0.25, 0.3) is 99.4 Å². The largest absolute Gasteiger partial charge is 0.310 e. The lowest BCUT2D eigenvalue weighted by atomic mass is 9.83. The fourth-order valence-electron chi connectivity index (χ4n) is 10.1. The standard InChI is InChI=1S/C68H47N/c1-6-19-48(20-7-1)51-33-35-52(36-34-51)53-37-41-59(42-38-53)69(61-46-57(49-21-8-2-9-22-49)45-58(47-61)50-23-10-3-11-24-50)60-43-39-54(40-44-60)62-31-18-32-65-67(56-27-14-5-15-28-56)66(55-25-12-4-13-26-55)63-29-16-17-30-64(63)68(62)65/h1-47H. The molecule has 69 heavy (non-hydrogen) atoms. The Bertz CT molecular complexity index is 3640. The second kappa shape index (κ2) is 18.3. The fraction of sp³-hybridized carbons (Fsp3) is 0. The number of nitrogens with zero attached hydrogens (tertiary/aromatic N) is 1. The predicted molar refractivity (Wildman–Crippen MR) is 294 cm³/mol. The van der Waals surface area contributed by atoms with Crippen molar-refractivity contribution in [3.63, 3.8) is 0 Å². The molecule has 12 rings (SSSR count). The van der Waals surface area contributed by atoms with Crippen LogP contribution in [0, 0.1) is 0 Å². The van der Waals surface area contributed by atoms with Crippen molar-refractivity contribution in [2.45, 2.75) is 0 Å². The first-order valence-electron chi connectivity index (χ1n) is 23.7. The number of rotatable bonds is 10. The first kappa shape index (κ1) is 41.4. The van der Waals surface area contributed by atoms with Gasteiger partial charge in [-0.05, 0) is 142 Å². The SMILES string of the molecule is c1ccc(-c2ccc(-c3ccc(N(c4ccc(-c5cccc6c(-c7ccccc7)c(-c7ccccc7)c7ccccc7c56)cc4)c4cc(-c5ccccc5)cc(-c5ccccc5)c4)cc3)cc2)cc1. The van der Waals surface area contributed by atoms with Gasteiger partial charge < -0.3 is 4.90 Å². The Morgan fingerprint density at radius 2 is 0.522 bits per heavy atom. The molecule has 0 fully saturated rings. The molecule has 12 aromatic rings. The molecule has 0 aliphatic rings. The third-order valence-electron chi connectivity index (χ3n) is 13.5. The Morgan fingerprint density at radius 1 is 0.188 bits per heavy atom. The summed E-state index contributed by atoms with van der Waals surface area (Å²) in [7, 11) is 0. The van der Waals surface area contributed by atoms with E-state index in [2.05, 4.69) is 290 Å². The van der Waals surface area contributed by atoms with Gasteiger partial charge in [0.15, 0.2) is 0 Å². The molecule has 0 heterocycles. The summed E-state index contributed by atoms with van der Waals surface area (Å²) in [5.74, 6) is 0. The van der Waals surface area contributed by atoms with Gasteiger partial charge in [0.1, 0.15) is 0 Å². The minimum atomic E-state index is 1.07. The average Bonchev–Trinajstić information content (AvgIpc) is 3.44. The van der Waals surface area contributed by atoms with E-state index in [1.165, 1.54) is 88.3 Å². The van der Waals surface area contributed by atoms with Crippen LogP contribution in [-0.2, 0) is 0 Å². The molecule has 324 valence electrons. The summed E-state index contributed by atoms with van der Waals surface area (Å²) < 4.78 is 0. The summed E-state index contributed by atoms with van der Waals surface area (Å²) in [6, 6.07) is 104. The minimum Gasteiger partial charge on any atom is -0.310 e. The number of benzene rings is 12. The first-order valence-corrected chi connectivity index (χ1v) is 23.7. The van der Waals surface area contributed by atoms with Crippen LogP contribution in [-0.4, -0.2) is 0 Å². The lowest BCUT2D eigenvalue weighted by molar-refractivity contribution is 1.28. The molecule has 0 saturated heterocycles. The summed E-state index contributed by atoms with van der Waals surface area (Å²) in [4.78, 5) is 2.41. The van der Waals surface area contributed by atoms with E-state index in [4.69, 9.17) is 0 Å². The van der Waals surface area contributed by atoms with Gasteiger partial charge >= 0.3 is 0 Å². The number of anilines is 3. The average molecular weight is 878 g/mol. The highest BCUT2D eigenvalue weighted by atomic mass is 15.1. The fourth-order valence-corrected chi connectivity index (χ4v) is 10.1. The molecule has 0 aliphatic heterocycles. The van der Waals surface area contributed by atoms with Crippen LogP contribution in [0.15, 0.2) is 285 Å². The van der Waals surface area contributed by atoms with Crippen LogP contribution in [0.3, 0.4) is 0 Å². The summed E-state index contributed by atoms with van der Waals surface area (Å²) in [5.41, 5.74) is 20.0. The van der Waals surface area contributed by atoms with E-state index in [1.54, 1.807) is 0 Å². The highest BCUT2D eigenvalue weighted by molar-refractivity contribution is 6.25. The van der Waals surface area contributed by atoms with E-state index in [9.17, 15) is 0 Å². The summed E-state index contributed by atoms with van der Waals surface area (Å²) in [5, 5.41) is 4.98. The summed E-state index contributed by atoms with van der Waals surface area (Å²) in [6.07, 6.45) is 0. The maximum atomic E-state index is 2.41. The third-order valence-corrected chi connectivity index (χ3v) is 13.5. The third kappa shape index (κ3) is 8.07. The van der Waals surface area contributed by atoms with E-state index in [0.29, 0.717) is 0 Å². The van der Waals surface area contributed by atoms with Gasteiger partial charge in [-0.3, -0.25) is 0 Å². The molecule has 0 unspecified atom stereocenters. The van der Waals surface area contributed by atoms with Crippen molar-refractivity contribution in [3.8, 4) is 77.9 Å². The van der Waals surface area contributed by atoms with Crippen molar-refractivity contribution in [2.24, 2.45) is 0 Å². The Labute approximate surface area is 404 Å². The molecule has 0 saturated carbocycles. The Balaban J connectivity index is 1.01. The van der Waals surface area contributed by atoms with Crippen molar-refractivity contribution < 1.29 is 0 Å². The lowest BCUT2D eigenvalue weighted by Crippen LogP contribution is -2.10. The van der Waals surface area contributed by atoms with Crippen molar-refractivity contribution in [1.82, 2.24) is 0 Å². The molecule has 0 aromatic heterocycles. The summed E-state index contributed by atoms with van der Waals surface area (Å²) >= 11 is 0. The molecular formula is C68H47N. The first-order chi connectivity index (χ1) is 34.2. The van der Waals surface area contributed by atoms with E-state index in [0.717, 1.165) is 28.2 Å². The zero-order valence-corrected chi connectivity index (χ0v) is 38.1. The zero-order chi connectivity index (χ0) is 45.9. The molecule has 0 N–H and O–H groups in total. The van der Waals surface area contributed by atoms with E-state index in [1.807, 2.05) is 0 Å². The van der Waals surface area contributed by atoms with Crippen LogP contribution in [0.5, 0.6) is 0 Å². The van der Waals surface area contributed by atoms with Crippen LogP contribution >= 0.6 is 0 Å². The van der Waals surface area contributed by atoms with Gasteiger partial charge in [-0.15, -0.1) is 0 Å². The molecule has 0 spiro atoms. The van der Waals surface area contributed by atoms with Crippen LogP contribution in [0.1, 0.15) is 0 Å². The van der Waals surface area contributed by atoms with Crippen LogP contribution in [0.2, 0.25) is 0 Å². The lowest BCUT2D eigenvalue weighted by Gasteiger charge is -2.27. The smallest absolute Gasteiger partial charge is 0.0473 e. The Morgan fingerprint density at radius 3 is 0.986 bits per heavy atom. The molecule has 1 heteroatoms. The Hall–Kier alpha value is -9.04. The summed E-state index contributed by atoms with van der Waals surface area (Å²) in [6.45, 7) is 0. The molecule has 0 radical (unpaired) electrons. The van der Waals surface area contributed by atoms with Gasteiger partial charge in [0.05, 0.1) is 0 Å². The van der Waals surface area contributed by atoms with Crippen LogP contribution < -0.4 is 4.90 Å². The number of fused-ring (bicyclic) bond motifs is 3. The van der Waals surface area contributed by atoms with E-state index >= 15 is 0 Å². The van der Waals surface area contributed by atoms with Gasteiger partial charge in [0.25, 0.3) is 0 Å². The molecule has 12 aromatic carbocycles. The monoisotopic (exact) mass is 877 g/mol.